The number of aliphatic carboxylic acids is 1. The predicted octanol–water partition coefficient (Wildman–Crippen LogP) is 4.62. The van der Waals surface area contributed by atoms with Crippen molar-refractivity contribution in [2.45, 2.75) is 19.0 Å². The van der Waals surface area contributed by atoms with Gasteiger partial charge < -0.3 is 10.0 Å². The van der Waals surface area contributed by atoms with E-state index in [9.17, 15) is 9.90 Å². The van der Waals surface area contributed by atoms with Crippen LogP contribution in [0.1, 0.15) is 11.1 Å². The van der Waals surface area contributed by atoms with Crippen molar-refractivity contribution < 1.29 is 9.90 Å². The molecule has 0 aromatic heterocycles. The third-order valence-corrected chi connectivity index (χ3v) is 5.15. The van der Waals surface area contributed by atoms with E-state index < -0.39 is 12.0 Å². The number of carboxylic acid groups (broad SMARTS) is 1. The molecule has 0 aliphatic carbocycles. The fraction of sp³-hybridized carbons (Fsp3) is 0.150. The smallest absolute Gasteiger partial charge is 0.326 e. The lowest BCUT2D eigenvalue weighted by atomic mass is 10.0. The zero-order chi connectivity index (χ0) is 16.7. The van der Waals surface area contributed by atoms with Crippen LogP contribution in [-0.4, -0.2) is 17.1 Å². The molecule has 4 rings (SSSR count). The number of nitrogens with zero attached hydrogens (tertiary/aromatic N) is 1. The summed E-state index contributed by atoms with van der Waals surface area (Å²) in [6.07, 6.45) is 0.544. The molecule has 0 fully saturated rings. The van der Waals surface area contributed by atoms with Crippen molar-refractivity contribution >= 4 is 38.4 Å². The van der Waals surface area contributed by atoms with Gasteiger partial charge in [0.1, 0.15) is 6.04 Å². The molecule has 1 aliphatic heterocycles. The number of halogens is 1. The van der Waals surface area contributed by atoms with E-state index in [-0.39, 0.29) is 0 Å². The monoisotopic (exact) mass is 381 g/mol. The molecule has 3 aromatic rings. The summed E-state index contributed by atoms with van der Waals surface area (Å²) in [4.78, 5) is 13.8. The first kappa shape index (κ1) is 15.2. The van der Waals surface area contributed by atoms with Gasteiger partial charge in [-0.05, 0) is 34.0 Å². The quantitative estimate of drug-likeness (QED) is 0.719. The van der Waals surface area contributed by atoms with Crippen LogP contribution in [0.2, 0.25) is 0 Å². The summed E-state index contributed by atoms with van der Waals surface area (Å²) >= 11 is 3.50. The Labute approximate surface area is 148 Å². The van der Waals surface area contributed by atoms with Gasteiger partial charge in [0.2, 0.25) is 0 Å². The third kappa shape index (κ3) is 2.57. The molecule has 120 valence electrons. The van der Waals surface area contributed by atoms with Crippen LogP contribution in [0.15, 0.2) is 65.1 Å². The van der Waals surface area contributed by atoms with E-state index in [0.717, 1.165) is 21.3 Å². The average molecular weight is 382 g/mol. The van der Waals surface area contributed by atoms with Crippen molar-refractivity contribution in [1.29, 1.82) is 0 Å². The molecule has 0 saturated carbocycles. The molecule has 1 N–H and O–H groups in total. The van der Waals surface area contributed by atoms with E-state index in [1.807, 2.05) is 41.3 Å². The number of rotatable bonds is 3. The highest BCUT2D eigenvalue weighted by Gasteiger charge is 2.34. The molecule has 0 saturated heterocycles. The molecule has 1 unspecified atom stereocenters. The second-order valence-corrected chi connectivity index (χ2v) is 7.01. The highest BCUT2D eigenvalue weighted by Crippen LogP contribution is 2.36. The van der Waals surface area contributed by atoms with Gasteiger partial charge in [-0.1, -0.05) is 64.5 Å². The van der Waals surface area contributed by atoms with Gasteiger partial charge in [-0.3, -0.25) is 0 Å². The first-order valence-electron chi connectivity index (χ1n) is 7.88. The van der Waals surface area contributed by atoms with Crippen molar-refractivity contribution in [3.05, 3.63) is 76.3 Å². The first-order valence-corrected chi connectivity index (χ1v) is 8.67. The Morgan fingerprint density at radius 3 is 2.75 bits per heavy atom. The molecule has 24 heavy (non-hydrogen) atoms. The van der Waals surface area contributed by atoms with Crippen LogP contribution in [0.25, 0.3) is 10.8 Å². The van der Waals surface area contributed by atoms with Crippen LogP contribution in [0.5, 0.6) is 0 Å². The van der Waals surface area contributed by atoms with Crippen LogP contribution in [-0.2, 0) is 17.8 Å². The van der Waals surface area contributed by atoms with Crippen molar-refractivity contribution in [3.8, 4) is 0 Å². The largest absolute Gasteiger partial charge is 0.480 e. The fourth-order valence-corrected chi connectivity index (χ4v) is 3.84. The zero-order valence-electron chi connectivity index (χ0n) is 12.9. The van der Waals surface area contributed by atoms with Gasteiger partial charge in [-0.25, -0.2) is 4.79 Å². The Bertz CT molecular complexity index is 933. The zero-order valence-corrected chi connectivity index (χ0v) is 14.5. The Morgan fingerprint density at radius 1 is 1.12 bits per heavy atom. The van der Waals surface area contributed by atoms with Crippen molar-refractivity contribution in [1.82, 2.24) is 0 Å². The lowest BCUT2D eigenvalue weighted by Gasteiger charge is -2.25. The summed E-state index contributed by atoms with van der Waals surface area (Å²) in [5.41, 5.74) is 3.24. The molecule has 0 spiro atoms. The fourth-order valence-electron chi connectivity index (χ4n) is 3.49. The molecule has 3 aromatic carbocycles. The van der Waals surface area contributed by atoms with E-state index in [4.69, 9.17) is 0 Å². The number of carbonyl (C=O) groups is 1. The van der Waals surface area contributed by atoms with Gasteiger partial charge in [0.15, 0.2) is 0 Å². The molecule has 0 amide bonds. The van der Waals surface area contributed by atoms with Gasteiger partial charge in [-0.15, -0.1) is 0 Å². The Balaban J connectivity index is 1.79. The lowest BCUT2D eigenvalue weighted by Crippen LogP contribution is -2.38. The Kier molecular flexibility index (Phi) is 3.77. The lowest BCUT2D eigenvalue weighted by molar-refractivity contribution is -0.138. The Hall–Kier alpha value is -2.33. The van der Waals surface area contributed by atoms with Crippen LogP contribution in [0, 0.1) is 0 Å². The number of anilines is 1. The number of benzene rings is 3. The van der Waals surface area contributed by atoms with E-state index in [0.29, 0.717) is 13.0 Å². The standard InChI is InChI=1S/C20H16BrNO2/c21-16-9-8-14-10-19(20(23)24)22(18(14)11-16)12-15-6-3-5-13-4-1-2-7-17(13)15/h1-9,11,19H,10,12H2,(H,23,24). The summed E-state index contributed by atoms with van der Waals surface area (Å²) in [7, 11) is 0. The van der Waals surface area contributed by atoms with Crippen LogP contribution >= 0.6 is 15.9 Å². The van der Waals surface area contributed by atoms with E-state index in [2.05, 4.69) is 40.2 Å². The summed E-state index contributed by atoms with van der Waals surface area (Å²) < 4.78 is 0.968. The molecule has 3 nitrogen and oxygen atoms in total. The third-order valence-electron chi connectivity index (χ3n) is 4.65. The summed E-state index contributed by atoms with van der Waals surface area (Å²) in [5, 5.41) is 12.0. The maximum absolute atomic E-state index is 11.8. The number of fused-ring (bicyclic) bond motifs is 2. The molecule has 0 bridgehead atoms. The number of carboxylic acids is 1. The minimum Gasteiger partial charge on any atom is -0.480 e. The van der Waals surface area contributed by atoms with Crippen molar-refractivity contribution in [3.63, 3.8) is 0 Å². The highest BCUT2D eigenvalue weighted by atomic mass is 79.9. The summed E-state index contributed by atoms with van der Waals surface area (Å²) in [6.45, 7) is 0.585. The molecular formula is C20H16BrNO2. The summed E-state index contributed by atoms with van der Waals surface area (Å²) in [5.74, 6) is -0.775. The maximum Gasteiger partial charge on any atom is 0.326 e. The summed E-state index contributed by atoms with van der Waals surface area (Å²) in [6, 6.07) is 19.9. The first-order chi connectivity index (χ1) is 11.6. The second-order valence-electron chi connectivity index (χ2n) is 6.10. The highest BCUT2D eigenvalue weighted by molar-refractivity contribution is 9.10. The Morgan fingerprint density at radius 2 is 1.92 bits per heavy atom. The van der Waals surface area contributed by atoms with E-state index >= 15 is 0 Å². The van der Waals surface area contributed by atoms with Crippen molar-refractivity contribution in [2.75, 3.05) is 4.90 Å². The minimum atomic E-state index is -0.775. The normalized spacial score (nSPS) is 16.4. The average Bonchev–Trinajstić information content (AvgIpc) is 2.93. The second kappa shape index (κ2) is 5.95. The van der Waals surface area contributed by atoms with Crippen LogP contribution in [0.4, 0.5) is 5.69 Å². The van der Waals surface area contributed by atoms with Gasteiger partial charge in [-0.2, -0.15) is 0 Å². The van der Waals surface area contributed by atoms with Gasteiger partial charge in [0.05, 0.1) is 0 Å². The molecule has 4 heteroatoms. The number of hydrogen-bond donors (Lipinski definition) is 1. The minimum absolute atomic E-state index is 0.520. The predicted molar refractivity (Wildman–Crippen MR) is 99.4 cm³/mol. The van der Waals surface area contributed by atoms with Crippen LogP contribution in [0.3, 0.4) is 0 Å². The molecule has 1 atom stereocenters. The molecule has 1 heterocycles. The van der Waals surface area contributed by atoms with Gasteiger partial charge >= 0.3 is 5.97 Å². The van der Waals surface area contributed by atoms with Gasteiger partial charge in [0.25, 0.3) is 0 Å². The number of hydrogen-bond acceptors (Lipinski definition) is 2. The molecule has 1 aliphatic rings. The van der Waals surface area contributed by atoms with Crippen LogP contribution < -0.4 is 4.90 Å². The van der Waals surface area contributed by atoms with Gasteiger partial charge in [0, 0.05) is 23.1 Å². The maximum atomic E-state index is 11.8. The molecular weight excluding hydrogens is 366 g/mol. The topological polar surface area (TPSA) is 40.5 Å². The molecule has 0 radical (unpaired) electrons. The SMILES string of the molecule is O=C(O)C1Cc2ccc(Br)cc2N1Cc1cccc2ccccc12. The van der Waals surface area contributed by atoms with Crippen molar-refractivity contribution in [2.24, 2.45) is 0 Å². The van der Waals surface area contributed by atoms with E-state index in [1.165, 1.54) is 10.8 Å². The van der Waals surface area contributed by atoms with E-state index in [1.54, 1.807) is 0 Å².